The molecule has 0 aliphatic rings. The van der Waals surface area contributed by atoms with Gasteiger partial charge >= 0.3 is 0 Å². The Bertz CT molecular complexity index is 785. The number of rotatable bonds is 9. The maximum absolute atomic E-state index is 9.82. The first-order valence-corrected chi connectivity index (χ1v) is 8.79. The molecule has 5 nitrogen and oxygen atoms in total. The summed E-state index contributed by atoms with van der Waals surface area (Å²) in [5, 5.41) is 9.82. The SMILES string of the molecule is C=CCc1cc(C)c(OC(C)C(OC)c2ccc(O)c(OC)c2)c(OC)c1. The van der Waals surface area contributed by atoms with E-state index in [1.54, 1.807) is 32.4 Å². The van der Waals surface area contributed by atoms with Crippen LogP contribution in [0.15, 0.2) is 43.0 Å². The van der Waals surface area contributed by atoms with Gasteiger partial charge in [-0.1, -0.05) is 18.2 Å². The number of aromatic hydroxyl groups is 1. The van der Waals surface area contributed by atoms with Crippen LogP contribution in [0.4, 0.5) is 0 Å². The lowest BCUT2D eigenvalue weighted by Gasteiger charge is -2.26. The van der Waals surface area contributed by atoms with Crippen molar-refractivity contribution in [1.29, 1.82) is 0 Å². The van der Waals surface area contributed by atoms with Gasteiger partial charge < -0.3 is 24.1 Å². The minimum Gasteiger partial charge on any atom is -0.504 e. The molecule has 0 saturated heterocycles. The fraction of sp³-hybridized carbons (Fsp3) is 0.364. The highest BCUT2D eigenvalue weighted by Gasteiger charge is 2.24. The largest absolute Gasteiger partial charge is 0.504 e. The fourth-order valence-corrected chi connectivity index (χ4v) is 3.12. The summed E-state index contributed by atoms with van der Waals surface area (Å²) in [5.41, 5.74) is 2.95. The number of aryl methyl sites for hydroxylation is 1. The lowest BCUT2D eigenvalue weighted by Crippen LogP contribution is -2.24. The Labute approximate surface area is 161 Å². The van der Waals surface area contributed by atoms with E-state index in [0.29, 0.717) is 17.2 Å². The highest BCUT2D eigenvalue weighted by molar-refractivity contribution is 5.49. The standard InChI is InChI=1S/C22H28O5/c1-7-8-16-11-14(2)21(20(12-16)25-5)27-15(3)22(26-6)17-9-10-18(23)19(13-17)24-4/h7,9-13,15,22-23H,1,8H2,2-6H3. The van der Waals surface area contributed by atoms with Crippen LogP contribution in [-0.4, -0.2) is 32.5 Å². The van der Waals surface area contributed by atoms with Gasteiger partial charge in [0.25, 0.3) is 0 Å². The number of hydrogen-bond acceptors (Lipinski definition) is 5. The lowest BCUT2D eigenvalue weighted by atomic mass is 10.0. The van der Waals surface area contributed by atoms with Gasteiger partial charge in [0, 0.05) is 7.11 Å². The summed E-state index contributed by atoms with van der Waals surface area (Å²) in [6, 6.07) is 9.16. The maximum atomic E-state index is 9.82. The summed E-state index contributed by atoms with van der Waals surface area (Å²) in [7, 11) is 4.77. The summed E-state index contributed by atoms with van der Waals surface area (Å²) in [6.07, 6.45) is 1.97. The topological polar surface area (TPSA) is 57.2 Å². The van der Waals surface area contributed by atoms with Gasteiger partial charge in [-0.3, -0.25) is 0 Å². The minimum atomic E-state index is -0.351. The first kappa shape index (κ1) is 20.6. The molecule has 2 aromatic rings. The second kappa shape index (κ2) is 9.33. The number of methoxy groups -OCH3 is 3. The molecule has 0 aromatic heterocycles. The van der Waals surface area contributed by atoms with Crippen molar-refractivity contribution in [2.24, 2.45) is 0 Å². The molecule has 0 radical (unpaired) electrons. The van der Waals surface area contributed by atoms with Crippen LogP contribution in [0, 0.1) is 6.92 Å². The van der Waals surface area contributed by atoms with Crippen LogP contribution in [-0.2, 0) is 11.2 Å². The monoisotopic (exact) mass is 372 g/mol. The second-order valence-electron chi connectivity index (χ2n) is 6.35. The summed E-state index contributed by atoms with van der Waals surface area (Å²) in [6.45, 7) is 7.71. The molecule has 2 aromatic carbocycles. The van der Waals surface area contributed by atoms with E-state index in [1.165, 1.54) is 7.11 Å². The van der Waals surface area contributed by atoms with Gasteiger partial charge in [0.2, 0.25) is 0 Å². The third kappa shape index (κ3) is 4.74. The summed E-state index contributed by atoms with van der Waals surface area (Å²) >= 11 is 0. The molecule has 2 unspecified atom stereocenters. The molecule has 0 spiro atoms. The van der Waals surface area contributed by atoms with E-state index in [0.717, 1.165) is 23.1 Å². The van der Waals surface area contributed by atoms with Crippen molar-refractivity contribution >= 4 is 0 Å². The lowest BCUT2D eigenvalue weighted by molar-refractivity contribution is 0.00804. The molecule has 1 N–H and O–H groups in total. The molecule has 0 heterocycles. The molecular weight excluding hydrogens is 344 g/mol. The van der Waals surface area contributed by atoms with Crippen LogP contribution < -0.4 is 14.2 Å². The van der Waals surface area contributed by atoms with E-state index in [9.17, 15) is 5.11 Å². The first-order valence-electron chi connectivity index (χ1n) is 8.79. The van der Waals surface area contributed by atoms with Crippen molar-refractivity contribution in [3.63, 3.8) is 0 Å². The van der Waals surface area contributed by atoms with Crippen molar-refractivity contribution in [3.05, 3.63) is 59.7 Å². The molecule has 27 heavy (non-hydrogen) atoms. The molecular formula is C22H28O5. The minimum absolute atomic E-state index is 0.0833. The Kier molecular flexibility index (Phi) is 7.13. The highest BCUT2D eigenvalue weighted by atomic mass is 16.5. The van der Waals surface area contributed by atoms with Gasteiger partial charge in [0.1, 0.15) is 12.2 Å². The molecule has 2 atom stereocenters. The third-order valence-corrected chi connectivity index (χ3v) is 4.42. The Morgan fingerprint density at radius 1 is 1.07 bits per heavy atom. The molecule has 0 amide bonds. The summed E-state index contributed by atoms with van der Waals surface area (Å²) < 4.78 is 22.6. The van der Waals surface area contributed by atoms with E-state index < -0.39 is 0 Å². The van der Waals surface area contributed by atoms with Crippen LogP contribution in [0.1, 0.15) is 29.7 Å². The maximum Gasteiger partial charge on any atom is 0.164 e. The van der Waals surface area contributed by atoms with Crippen LogP contribution in [0.25, 0.3) is 0 Å². The zero-order valence-electron chi connectivity index (χ0n) is 16.6. The van der Waals surface area contributed by atoms with Crippen molar-refractivity contribution in [2.45, 2.75) is 32.5 Å². The fourth-order valence-electron chi connectivity index (χ4n) is 3.12. The van der Waals surface area contributed by atoms with E-state index >= 15 is 0 Å². The van der Waals surface area contributed by atoms with Crippen LogP contribution in [0.5, 0.6) is 23.0 Å². The summed E-state index contributed by atoms with van der Waals surface area (Å²) in [4.78, 5) is 0. The molecule has 0 saturated carbocycles. The summed E-state index contributed by atoms with van der Waals surface area (Å²) in [5.74, 6) is 1.84. The molecule has 0 aliphatic heterocycles. The van der Waals surface area contributed by atoms with Crippen molar-refractivity contribution in [1.82, 2.24) is 0 Å². The quantitative estimate of drug-likeness (QED) is 0.652. The van der Waals surface area contributed by atoms with Gasteiger partial charge in [-0.25, -0.2) is 0 Å². The van der Waals surface area contributed by atoms with Crippen LogP contribution >= 0.6 is 0 Å². The van der Waals surface area contributed by atoms with E-state index in [1.807, 2.05) is 26.0 Å². The number of ether oxygens (including phenoxy) is 4. The van der Waals surface area contributed by atoms with Crippen LogP contribution in [0.3, 0.4) is 0 Å². The average molecular weight is 372 g/mol. The normalized spacial score (nSPS) is 12.9. The Morgan fingerprint density at radius 3 is 2.37 bits per heavy atom. The van der Waals surface area contributed by atoms with Gasteiger partial charge in [-0.05, 0) is 55.2 Å². The predicted octanol–water partition coefficient (Wildman–Crippen LogP) is 4.60. The average Bonchev–Trinajstić information content (AvgIpc) is 2.65. The van der Waals surface area contributed by atoms with Gasteiger partial charge in [-0.2, -0.15) is 0 Å². The smallest absolute Gasteiger partial charge is 0.164 e. The number of hydrogen-bond donors (Lipinski definition) is 1. The van der Waals surface area contributed by atoms with E-state index in [-0.39, 0.29) is 18.0 Å². The molecule has 0 fully saturated rings. The van der Waals surface area contributed by atoms with Crippen molar-refractivity contribution in [3.8, 4) is 23.0 Å². The van der Waals surface area contributed by atoms with E-state index in [2.05, 4.69) is 12.6 Å². The van der Waals surface area contributed by atoms with E-state index in [4.69, 9.17) is 18.9 Å². The number of benzene rings is 2. The third-order valence-electron chi connectivity index (χ3n) is 4.42. The second-order valence-corrected chi connectivity index (χ2v) is 6.35. The molecule has 2 rings (SSSR count). The molecule has 0 bridgehead atoms. The number of phenolic OH excluding ortho intramolecular Hbond substituents is 1. The molecule has 0 aliphatic carbocycles. The predicted molar refractivity (Wildman–Crippen MR) is 106 cm³/mol. The Hall–Kier alpha value is -2.66. The Morgan fingerprint density at radius 2 is 1.78 bits per heavy atom. The number of phenols is 1. The van der Waals surface area contributed by atoms with Gasteiger partial charge in [0.05, 0.1) is 14.2 Å². The zero-order chi connectivity index (χ0) is 20.0. The molecule has 146 valence electrons. The van der Waals surface area contributed by atoms with Crippen LogP contribution in [0.2, 0.25) is 0 Å². The van der Waals surface area contributed by atoms with Crippen molar-refractivity contribution < 1.29 is 24.1 Å². The van der Waals surface area contributed by atoms with Gasteiger partial charge in [0.15, 0.2) is 23.0 Å². The Balaban J connectivity index is 2.31. The highest BCUT2D eigenvalue weighted by Crippen LogP contribution is 2.37. The first-order chi connectivity index (χ1) is 12.9. The zero-order valence-corrected chi connectivity index (χ0v) is 16.6. The van der Waals surface area contributed by atoms with Gasteiger partial charge in [-0.15, -0.1) is 6.58 Å². The number of allylic oxidation sites excluding steroid dienone is 1. The molecule has 5 heteroatoms. The van der Waals surface area contributed by atoms with Crippen molar-refractivity contribution in [2.75, 3.05) is 21.3 Å².